The molecular formula is C38H39F2N5O2. The van der Waals surface area contributed by atoms with Gasteiger partial charge in [-0.3, -0.25) is 0 Å². The van der Waals surface area contributed by atoms with Crippen molar-refractivity contribution >= 4 is 29.0 Å². The molecule has 0 spiro atoms. The molecule has 2 aromatic heterocycles. The second kappa shape index (κ2) is 12.6. The molecule has 0 radical (unpaired) electrons. The van der Waals surface area contributed by atoms with Gasteiger partial charge in [0.05, 0.1) is 5.39 Å². The molecule has 2 atom stereocenters. The SMILES string of the molecule is CC1CN(C(=O)OC(C)(C)C)[C@@H](C)CN1c1ncnc2c1c(C=C(F)F)cn2C(c1ccccc1)(c1ccccc1)c1ccccc1. The molecule has 0 saturated carbocycles. The fourth-order valence-electron chi connectivity index (χ4n) is 6.73. The van der Waals surface area contributed by atoms with Gasteiger partial charge in [-0.05, 0) is 51.3 Å². The van der Waals surface area contributed by atoms with Gasteiger partial charge in [-0.15, -0.1) is 0 Å². The zero-order valence-corrected chi connectivity index (χ0v) is 27.3. The normalized spacial score (nSPS) is 17.1. The average Bonchev–Trinajstić information content (AvgIpc) is 3.41. The summed E-state index contributed by atoms with van der Waals surface area (Å²) < 4.78 is 36.2. The van der Waals surface area contributed by atoms with E-state index in [2.05, 4.69) is 41.3 Å². The van der Waals surface area contributed by atoms with Crippen molar-refractivity contribution in [3.05, 3.63) is 132 Å². The van der Waals surface area contributed by atoms with Gasteiger partial charge >= 0.3 is 6.09 Å². The first-order chi connectivity index (χ1) is 22.5. The van der Waals surface area contributed by atoms with Gasteiger partial charge in [-0.1, -0.05) is 91.0 Å². The average molecular weight is 636 g/mol. The molecule has 1 aliphatic rings. The second-order valence-electron chi connectivity index (χ2n) is 13.1. The topological polar surface area (TPSA) is 63.5 Å². The minimum atomic E-state index is -1.82. The highest BCUT2D eigenvalue weighted by molar-refractivity contribution is 5.97. The van der Waals surface area contributed by atoms with Crippen molar-refractivity contribution in [1.29, 1.82) is 0 Å². The summed E-state index contributed by atoms with van der Waals surface area (Å²) in [6.07, 6.45) is 1.95. The van der Waals surface area contributed by atoms with Gasteiger partial charge in [-0.25, -0.2) is 14.8 Å². The molecule has 1 fully saturated rings. The lowest BCUT2D eigenvalue weighted by Crippen LogP contribution is -2.59. The number of halogens is 2. The van der Waals surface area contributed by atoms with Crippen LogP contribution in [-0.4, -0.2) is 56.3 Å². The molecule has 3 heterocycles. The fraction of sp³-hybridized carbons (Fsp3) is 0.289. The number of aromatic nitrogens is 3. The molecule has 242 valence electrons. The Morgan fingerprint density at radius 3 is 1.83 bits per heavy atom. The maximum absolute atomic E-state index is 14.3. The Morgan fingerprint density at radius 2 is 1.34 bits per heavy atom. The quantitative estimate of drug-likeness (QED) is 0.176. The molecule has 6 rings (SSSR count). The molecule has 47 heavy (non-hydrogen) atoms. The summed E-state index contributed by atoms with van der Waals surface area (Å²) in [5, 5.41) is 0.511. The third-order valence-corrected chi connectivity index (χ3v) is 8.68. The third-order valence-electron chi connectivity index (χ3n) is 8.68. The standard InChI is InChI=1S/C38H39F2N5O2/c1-26-23-44(36(46)47-37(3,4)5)27(2)22-43(26)34-33-28(21-32(39)40)24-45(35(33)42-25-41-34)38(29-15-9-6-10-16-29,30-17-11-7-12-18-30)31-19-13-8-14-20-31/h6-21,24-27H,22-23H2,1-5H3/t26?,27-/m0/s1. The van der Waals surface area contributed by atoms with Crippen molar-refractivity contribution in [1.82, 2.24) is 19.4 Å². The third kappa shape index (κ3) is 5.98. The summed E-state index contributed by atoms with van der Waals surface area (Å²) in [5.41, 5.74) is 2.04. The van der Waals surface area contributed by atoms with Crippen LogP contribution >= 0.6 is 0 Å². The lowest BCUT2D eigenvalue weighted by atomic mass is 9.76. The van der Waals surface area contributed by atoms with E-state index in [1.807, 2.05) is 93.8 Å². The number of rotatable bonds is 6. The molecule has 1 saturated heterocycles. The number of hydrogen-bond donors (Lipinski definition) is 0. The maximum atomic E-state index is 14.3. The van der Waals surface area contributed by atoms with Crippen LogP contribution in [0.2, 0.25) is 0 Å². The van der Waals surface area contributed by atoms with Gasteiger partial charge in [0, 0.05) is 43.0 Å². The first-order valence-electron chi connectivity index (χ1n) is 15.8. The predicted octanol–water partition coefficient (Wildman–Crippen LogP) is 8.34. The number of piperazine rings is 1. The Balaban J connectivity index is 1.60. The van der Waals surface area contributed by atoms with Crippen LogP contribution < -0.4 is 4.90 Å². The molecule has 0 aliphatic carbocycles. The van der Waals surface area contributed by atoms with E-state index in [9.17, 15) is 13.6 Å². The van der Waals surface area contributed by atoms with Crippen molar-refractivity contribution in [2.24, 2.45) is 0 Å². The second-order valence-corrected chi connectivity index (χ2v) is 13.1. The van der Waals surface area contributed by atoms with E-state index in [1.165, 1.54) is 6.33 Å². The highest BCUT2D eigenvalue weighted by Crippen LogP contribution is 2.45. The maximum Gasteiger partial charge on any atom is 0.410 e. The summed E-state index contributed by atoms with van der Waals surface area (Å²) in [7, 11) is 0. The molecule has 0 N–H and O–H groups in total. The van der Waals surface area contributed by atoms with Gasteiger partial charge in [-0.2, -0.15) is 8.78 Å². The molecular weight excluding hydrogens is 596 g/mol. The number of carbonyl (C=O) groups is 1. The minimum absolute atomic E-state index is 0.186. The van der Waals surface area contributed by atoms with Gasteiger partial charge < -0.3 is 19.1 Å². The van der Waals surface area contributed by atoms with Gasteiger partial charge in [0.1, 0.15) is 28.9 Å². The van der Waals surface area contributed by atoms with Gasteiger partial charge in [0.25, 0.3) is 6.08 Å². The Kier molecular flexibility index (Phi) is 8.57. The monoisotopic (exact) mass is 635 g/mol. The van der Waals surface area contributed by atoms with Gasteiger partial charge in [0.2, 0.25) is 0 Å². The number of amides is 1. The summed E-state index contributed by atoms with van der Waals surface area (Å²) in [5.74, 6) is 0.535. The van der Waals surface area contributed by atoms with Crippen molar-refractivity contribution in [3.63, 3.8) is 0 Å². The summed E-state index contributed by atoms with van der Waals surface area (Å²) in [6, 6.07) is 29.7. The first-order valence-corrected chi connectivity index (χ1v) is 15.8. The molecule has 5 aromatic rings. The number of ether oxygens (including phenoxy) is 1. The Hall–Kier alpha value is -5.05. The van der Waals surface area contributed by atoms with Crippen LogP contribution in [0.4, 0.5) is 19.4 Å². The number of benzene rings is 3. The Labute approximate surface area is 274 Å². The largest absolute Gasteiger partial charge is 0.444 e. The molecule has 1 aliphatic heterocycles. The first kappa shape index (κ1) is 31.9. The van der Waals surface area contributed by atoms with Crippen LogP contribution in [0.5, 0.6) is 0 Å². The lowest BCUT2D eigenvalue weighted by Gasteiger charge is -2.44. The molecule has 0 bridgehead atoms. The van der Waals surface area contributed by atoms with E-state index in [1.54, 1.807) is 11.1 Å². The van der Waals surface area contributed by atoms with Gasteiger partial charge in [0.15, 0.2) is 0 Å². The number of fused-ring (bicyclic) bond motifs is 1. The van der Waals surface area contributed by atoms with E-state index >= 15 is 0 Å². The molecule has 1 unspecified atom stereocenters. The van der Waals surface area contributed by atoms with Crippen LogP contribution in [0.15, 0.2) is 110 Å². The molecule has 9 heteroatoms. The molecule has 7 nitrogen and oxygen atoms in total. The zero-order valence-electron chi connectivity index (χ0n) is 27.3. The van der Waals surface area contributed by atoms with E-state index in [0.29, 0.717) is 35.5 Å². The van der Waals surface area contributed by atoms with Crippen LogP contribution in [0.25, 0.3) is 17.1 Å². The Bertz CT molecular complexity index is 1790. The van der Waals surface area contributed by atoms with Crippen LogP contribution in [-0.2, 0) is 10.3 Å². The highest BCUT2D eigenvalue weighted by atomic mass is 19.3. The lowest BCUT2D eigenvalue weighted by molar-refractivity contribution is 0.0130. The number of carbonyl (C=O) groups excluding carboxylic acids is 1. The van der Waals surface area contributed by atoms with Crippen molar-refractivity contribution < 1.29 is 18.3 Å². The van der Waals surface area contributed by atoms with E-state index < -0.39 is 17.2 Å². The van der Waals surface area contributed by atoms with Crippen molar-refractivity contribution in [2.45, 2.75) is 57.8 Å². The van der Waals surface area contributed by atoms with Crippen LogP contribution in [0.1, 0.15) is 56.9 Å². The number of hydrogen-bond acceptors (Lipinski definition) is 5. The summed E-state index contributed by atoms with van der Waals surface area (Å²) >= 11 is 0. The van der Waals surface area contributed by atoms with E-state index in [-0.39, 0.29) is 18.2 Å². The van der Waals surface area contributed by atoms with E-state index in [0.717, 1.165) is 22.8 Å². The van der Waals surface area contributed by atoms with E-state index in [4.69, 9.17) is 14.7 Å². The van der Waals surface area contributed by atoms with Crippen molar-refractivity contribution in [2.75, 3.05) is 18.0 Å². The molecule has 3 aromatic carbocycles. The summed E-state index contributed by atoms with van der Waals surface area (Å²) in [6.45, 7) is 10.3. The van der Waals surface area contributed by atoms with Crippen molar-refractivity contribution in [3.8, 4) is 0 Å². The fourth-order valence-corrected chi connectivity index (χ4v) is 6.73. The Morgan fingerprint density at radius 1 is 0.809 bits per heavy atom. The number of anilines is 1. The highest BCUT2D eigenvalue weighted by Gasteiger charge is 2.41. The van der Waals surface area contributed by atoms with Crippen LogP contribution in [0.3, 0.4) is 0 Å². The predicted molar refractivity (Wildman–Crippen MR) is 182 cm³/mol. The minimum Gasteiger partial charge on any atom is -0.444 e. The zero-order chi connectivity index (χ0) is 33.3. The number of nitrogens with zero attached hydrogens (tertiary/aromatic N) is 5. The van der Waals surface area contributed by atoms with Crippen LogP contribution in [0, 0.1) is 0 Å². The molecule has 1 amide bonds. The summed E-state index contributed by atoms with van der Waals surface area (Å²) in [4.78, 5) is 26.4. The smallest absolute Gasteiger partial charge is 0.410 e.